The first kappa shape index (κ1) is 14.4. The number of hydrogen-bond donors (Lipinski definition) is 1. The first-order chi connectivity index (χ1) is 9.26. The highest BCUT2D eigenvalue weighted by Crippen LogP contribution is 2.27. The Labute approximate surface area is 114 Å². The summed E-state index contributed by atoms with van der Waals surface area (Å²) in [5.74, 6) is -1.36. The second kappa shape index (κ2) is 5.20. The molecule has 0 saturated carbocycles. The zero-order valence-electron chi connectivity index (χ0n) is 10.7. The standard InChI is InChI=1S/C12H13F2N3O2S/c1-20(18,19)5-4-17-7-11(15)12(16-17)9-6-8(13)2-3-10(9)14/h2-3,6-7H,4-5,15H2,1H3. The fourth-order valence-corrected chi connectivity index (χ4v) is 2.22. The summed E-state index contributed by atoms with van der Waals surface area (Å²) < 4.78 is 50.3. The number of aryl methyl sites for hydroxylation is 1. The van der Waals surface area contributed by atoms with Gasteiger partial charge in [-0.25, -0.2) is 17.2 Å². The predicted molar refractivity (Wildman–Crippen MR) is 71.7 cm³/mol. The summed E-state index contributed by atoms with van der Waals surface area (Å²) in [6, 6.07) is 2.98. The van der Waals surface area contributed by atoms with E-state index in [0.717, 1.165) is 24.5 Å². The van der Waals surface area contributed by atoms with Gasteiger partial charge in [0.2, 0.25) is 0 Å². The quantitative estimate of drug-likeness (QED) is 0.927. The second-order valence-corrected chi connectivity index (χ2v) is 6.71. The highest BCUT2D eigenvalue weighted by Gasteiger charge is 2.14. The van der Waals surface area contributed by atoms with E-state index in [1.54, 1.807) is 0 Å². The van der Waals surface area contributed by atoms with Crippen molar-refractivity contribution in [3.8, 4) is 11.3 Å². The number of rotatable bonds is 4. The molecular weight excluding hydrogens is 288 g/mol. The van der Waals surface area contributed by atoms with Crippen LogP contribution in [0.25, 0.3) is 11.3 Å². The Morgan fingerprint density at radius 3 is 2.70 bits per heavy atom. The zero-order valence-corrected chi connectivity index (χ0v) is 11.5. The van der Waals surface area contributed by atoms with Crippen molar-refractivity contribution in [3.05, 3.63) is 36.0 Å². The van der Waals surface area contributed by atoms with Gasteiger partial charge < -0.3 is 5.73 Å². The average molecular weight is 301 g/mol. The van der Waals surface area contributed by atoms with E-state index >= 15 is 0 Å². The maximum absolute atomic E-state index is 13.7. The molecule has 1 aromatic heterocycles. The molecule has 2 rings (SSSR count). The van der Waals surface area contributed by atoms with Crippen LogP contribution in [0.15, 0.2) is 24.4 Å². The topological polar surface area (TPSA) is 78.0 Å². The molecule has 108 valence electrons. The van der Waals surface area contributed by atoms with E-state index in [-0.39, 0.29) is 29.2 Å². The van der Waals surface area contributed by atoms with Crippen LogP contribution in [0.1, 0.15) is 0 Å². The predicted octanol–water partition coefficient (Wildman–Crippen LogP) is 1.46. The van der Waals surface area contributed by atoms with Crippen LogP contribution in [0, 0.1) is 11.6 Å². The molecule has 0 bridgehead atoms. The van der Waals surface area contributed by atoms with E-state index in [2.05, 4.69) is 5.10 Å². The van der Waals surface area contributed by atoms with Crippen molar-refractivity contribution < 1.29 is 17.2 Å². The molecule has 0 fully saturated rings. The van der Waals surface area contributed by atoms with Crippen LogP contribution < -0.4 is 5.73 Å². The number of nitrogens with zero attached hydrogens (tertiary/aromatic N) is 2. The summed E-state index contributed by atoms with van der Waals surface area (Å²) in [5.41, 5.74) is 5.90. The molecule has 5 nitrogen and oxygen atoms in total. The van der Waals surface area contributed by atoms with Gasteiger partial charge in [0.25, 0.3) is 0 Å². The van der Waals surface area contributed by atoms with Crippen molar-refractivity contribution >= 4 is 15.5 Å². The summed E-state index contributed by atoms with van der Waals surface area (Å²) >= 11 is 0. The third kappa shape index (κ3) is 3.32. The molecule has 0 amide bonds. The lowest BCUT2D eigenvalue weighted by molar-refractivity contribution is 0.585. The number of nitrogens with two attached hydrogens (primary N) is 1. The van der Waals surface area contributed by atoms with Crippen molar-refractivity contribution in [1.29, 1.82) is 0 Å². The minimum absolute atomic E-state index is 0.0550. The van der Waals surface area contributed by atoms with Crippen molar-refractivity contribution in [1.82, 2.24) is 9.78 Å². The van der Waals surface area contributed by atoms with E-state index < -0.39 is 21.5 Å². The molecule has 0 aliphatic rings. The molecule has 2 aromatic rings. The number of hydrogen-bond acceptors (Lipinski definition) is 4. The molecule has 0 saturated heterocycles. The number of benzene rings is 1. The Bertz CT molecular complexity index is 741. The van der Waals surface area contributed by atoms with Gasteiger partial charge in [-0.2, -0.15) is 5.10 Å². The number of aromatic nitrogens is 2. The molecule has 0 aliphatic heterocycles. The van der Waals surface area contributed by atoms with Crippen LogP contribution in [0.5, 0.6) is 0 Å². The lowest BCUT2D eigenvalue weighted by atomic mass is 10.1. The minimum atomic E-state index is -3.14. The van der Waals surface area contributed by atoms with Crippen molar-refractivity contribution in [3.63, 3.8) is 0 Å². The van der Waals surface area contributed by atoms with Gasteiger partial charge in [0.05, 0.1) is 18.0 Å². The Morgan fingerprint density at radius 1 is 1.35 bits per heavy atom. The molecule has 1 aromatic carbocycles. The fraction of sp³-hybridized carbons (Fsp3) is 0.250. The lowest BCUT2D eigenvalue weighted by Crippen LogP contribution is -2.11. The number of anilines is 1. The van der Waals surface area contributed by atoms with E-state index in [4.69, 9.17) is 5.73 Å². The van der Waals surface area contributed by atoms with Crippen molar-refractivity contribution in [2.24, 2.45) is 0 Å². The molecule has 8 heteroatoms. The van der Waals surface area contributed by atoms with Crippen molar-refractivity contribution in [2.45, 2.75) is 6.54 Å². The summed E-state index contributed by atoms with van der Waals surface area (Å²) in [6.07, 6.45) is 2.50. The summed E-state index contributed by atoms with van der Waals surface area (Å²) in [5, 5.41) is 4.01. The maximum Gasteiger partial charge on any atom is 0.149 e. The van der Waals surface area contributed by atoms with Gasteiger partial charge in [-0.3, -0.25) is 4.68 Å². The molecule has 0 radical (unpaired) electrons. The maximum atomic E-state index is 13.7. The van der Waals surface area contributed by atoms with Gasteiger partial charge in [0.15, 0.2) is 0 Å². The van der Waals surface area contributed by atoms with E-state index in [9.17, 15) is 17.2 Å². The molecule has 0 spiro atoms. The Hall–Kier alpha value is -1.96. The highest BCUT2D eigenvalue weighted by molar-refractivity contribution is 7.90. The molecule has 2 N–H and O–H groups in total. The second-order valence-electron chi connectivity index (χ2n) is 4.45. The largest absolute Gasteiger partial charge is 0.396 e. The molecule has 20 heavy (non-hydrogen) atoms. The van der Waals surface area contributed by atoms with Crippen LogP contribution in [-0.4, -0.2) is 30.2 Å². The Balaban J connectivity index is 2.34. The molecule has 0 atom stereocenters. The third-order valence-electron chi connectivity index (χ3n) is 2.66. The molecule has 0 unspecified atom stereocenters. The van der Waals surface area contributed by atoms with E-state index in [1.807, 2.05) is 0 Å². The van der Waals surface area contributed by atoms with Gasteiger partial charge in [-0.05, 0) is 18.2 Å². The summed E-state index contributed by atoms with van der Waals surface area (Å²) in [7, 11) is -3.14. The summed E-state index contributed by atoms with van der Waals surface area (Å²) in [4.78, 5) is 0. The molecule has 1 heterocycles. The summed E-state index contributed by atoms with van der Waals surface area (Å²) in [6.45, 7) is 0.0972. The Kier molecular flexibility index (Phi) is 3.76. The number of sulfone groups is 1. The zero-order chi connectivity index (χ0) is 14.9. The van der Waals surface area contributed by atoms with Crippen LogP contribution in [0.3, 0.4) is 0 Å². The fourth-order valence-electron chi connectivity index (χ4n) is 1.70. The molecule has 0 aliphatic carbocycles. The van der Waals surface area contributed by atoms with Crippen LogP contribution >= 0.6 is 0 Å². The van der Waals surface area contributed by atoms with Gasteiger partial charge >= 0.3 is 0 Å². The van der Waals surface area contributed by atoms with Gasteiger partial charge in [-0.15, -0.1) is 0 Å². The van der Waals surface area contributed by atoms with Crippen molar-refractivity contribution in [2.75, 3.05) is 17.7 Å². The SMILES string of the molecule is CS(=O)(=O)CCn1cc(N)c(-c2cc(F)ccc2F)n1. The van der Waals surface area contributed by atoms with E-state index in [0.29, 0.717) is 0 Å². The van der Waals surface area contributed by atoms with Gasteiger partial charge in [0, 0.05) is 18.0 Å². The van der Waals surface area contributed by atoms with Gasteiger partial charge in [-0.1, -0.05) is 0 Å². The number of halogens is 2. The first-order valence-electron chi connectivity index (χ1n) is 5.72. The monoisotopic (exact) mass is 301 g/mol. The minimum Gasteiger partial charge on any atom is -0.396 e. The third-order valence-corrected chi connectivity index (χ3v) is 3.59. The Morgan fingerprint density at radius 2 is 2.05 bits per heavy atom. The average Bonchev–Trinajstić information content (AvgIpc) is 2.70. The normalized spacial score (nSPS) is 11.8. The smallest absolute Gasteiger partial charge is 0.149 e. The van der Waals surface area contributed by atoms with E-state index in [1.165, 1.54) is 10.9 Å². The van der Waals surface area contributed by atoms with Crippen LogP contribution in [0.4, 0.5) is 14.5 Å². The number of nitrogen functional groups attached to an aromatic ring is 1. The van der Waals surface area contributed by atoms with Crippen LogP contribution in [0.2, 0.25) is 0 Å². The lowest BCUT2D eigenvalue weighted by Gasteiger charge is -2.01. The van der Waals surface area contributed by atoms with Crippen LogP contribution in [-0.2, 0) is 16.4 Å². The van der Waals surface area contributed by atoms with Gasteiger partial charge in [0.1, 0.15) is 27.2 Å². The first-order valence-corrected chi connectivity index (χ1v) is 7.78. The molecular formula is C12H13F2N3O2S. The highest BCUT2D eigenvalue weighted by atomic mass is 32.2.